The Hall–Kier alpha value is -1.55. The molecule has 0 unspecified atom stereocenters. The molecule has 0 amide bonds. The molecule has 4 heteroatoms. The molecule has 1 aromatic carbocycles. The second-order valence-electron chi connectivity index (χ2n) is 5.87. The maximum Gasteiger partial charge on any atom is 0.183 e. The summed E-state index contributed by atoms with van der Waals surface area (Å²) in [6.07, 6.45) is 0.984. The number of nitrogens with zero attached hydrogens (tertiary/aromatic N) is 1. The first kappa shape index (κ1) is 12.5. The number of anilines is 1. The molecule has 0 bridgehead atoms. The van der Waals surface area contributed by atoms with Gasteiger partial charge in [0.05, 0.1) is 12.8 Å². The molecule has 0 aliphatic heterocycles. The third kappa shape index (κ3) is 2.32. The Morgan fingerprint density at radius 3 is 2.79 bits per heavy atom. The number of hydrogen-bond acceptors (Lipinski definition) is 4. The zero-order valence-electron chi connectivity index (χ0n) is 11.7. The van der Waals surface area contributed by atoms with Crippen LogP contribution in [-0.4, -0.2) is 17.6 Å². The first-order chi connectivity index (χ1) is 8.96. The van der Waals surface area contributed by atoms with Gasteiger partial charge in [-0.15, -0.1) is 11.3 Å². The fourth-order valence-electron chi connectivity index (χ4n) is 2.29. The van der Waals surface area contributed by atoms with Gasteiger partial charge in [-0.2, -0.15) is 0 Å². The number of thiazole rings is 1. The summed E-state index contributed by atoms with van der Waals surface area (Å²) in [5.41, 5.74) is 3.72. The maximum atomic E-state index is 5.30. The Morgan fingerprint density at radius 1 is 1.32 bits per heavy atom. The van der Waals surface area contributed by atoms with Gasteiger partial charge in [0.15, 0.2) is 5.13 Å². The van der Waals surface area contributed by atoms with Crippen LogP contribution < -0.4 is 10.1 Å². The molecule has 3 nitrogen and oxygen atoms in total. The summed E-state index contributed by atoms with van der Waals surface area (Å²) in [6.45, 7) is 6.45. The van der Waals surface area contributed by atoms with Crippen LogP contribution in [0.25, 0.3) is 11.3 Å². The van der Waals surface area contributed by atoms with Gasteiger partial charge in [0.1, 0.15) is 5.75 Å². The zero-order chi connectivity index (χ0) is 13.6. The number of nitrogens with one attached hydrogen (secondary N) is 1. The molecule has 1 N–H and O–H groups in total. The molecular formula is C15H18N2OS. The summed E-state index contributed by atoms with van der Waals surface area (Å²) in [4.78, 5) is 6.09. The van der Waals surface area contributed by atoms with Gasteiger partial charge in [0.2, 0.25) is 0 Å². The van der Waals surface area contributed by atoms with Crippen LogP contribution in [0.5, 0.6) is 5.75 Å². The van der Waals surface area contributed by atoms with E-state index < -0.39 is 0 Å². The van der Waals surface area contributed by atoms with Gasteiger partial charge in [0.25, 0.3) is 0 Å². The highest BCUT2D eigenvalue weighted by molar-refractivity contribution is 7.16. The van der Waals surface area contributed by atoms with Crippen molar-refractivity contribution in [2.45, 2.75) is 32.7 Å². The monoisotopic (exact) mass is 274 g/mol. The quantitative estimate of drug-likeness (QED) is 0.768. The Bertz CT molecular complexity index is 626. The molecule has 100 valence electrons. The van der Waals surface area contributed by atoms with Crippen LogP contribution in [-0.2, 0) is 6.42 Å². The minimum Gasteiger partial charge on any atom is -0.497 e. The molecule has 0 radical (unpaired) electrons. The van der Waals surface area contributed by atoms with E-state index in [1.165, 1.54) is 16.0 Å². The highest BCUT2D eigenvalue weighted by atomic mass is 32.1. The highest BCUT2D eigenvalue weighted by Crippen LogP contribution is 2.42. The van der Waals surface area contributed by atoms with E-state index in [1.54, 1.807) is 18.4 Å². The summed E-state index contributed by atoms with van der Waals surface area (Å²) in [7, 11) is 1.70. The second kappa shape index (κ2) is 4.23. The average Bonchev–Trinajstić information content (AvgIpc) is 2.83. The molecule has 2 aromatic rings. The molecule has 0 saturated heterocycles. The van der Waals surface area contributed by atoms with Gasteiger partial charge in [-0.25, -0.2) is 4.98 Å². The normalized spacial score (nSPS) is 13.1. The lowest BCUT2D eigenvalue weighted by Gasteiger charge is -2.19. The van der Waals surface area contributed by atoms with E-state index in [2.05, 4.69) is 38.2 Å². The van der Waals surface area contributed by atoms with Crippen molar-refractivity contribution in [3.8, 4) is 17.0 Å². The summed E-state index contributed by atoms with van der Waals surface area (Å²) < 4.78 is 5.30. The van der Waals surface area contributed by atoms with Crippen LogP contribution in [0.3, 0.4) is 0 Å². The predicted molar refractivity (Wildman–Crippen MR) is 80.3 cm³/mol. The molecular weight excluding hydrogens is 256 g/mol. The number of fused-ring (bicyclic) bond motifs is 3. The van der Waals surface area contributed by atoms with E-state index in [0.717, 1.165) is 23.0 Å². The molecule has 0 atom stereocenters. The van der Waals surface area contributed by atoms with Crippen LogP contribution in [0.4, 0.5) is 5.13 Å². The van der Waals surface area contributed by atoms with Gasteiger partial charge < -0.3 is 10.1 Å². The van der Waals surface area contributed by atoms with Crippen molar-refractivity contribution >= 4 is 16.5 Å². The van der Waals surface area contributed by atoms with E-state index in [0.29, 0.717) is 0 Å². The molecule has 0 fully saturated rings. The van der Waals surface area contributed by atoms with Gasteiger partial charge in [-0.3, -0.25) is 0 Å². The van der Waals surface area contributed by atoms with Gasteiger partial charge in [-0.1, -0.05) is 6.07 Å². The number of methoxy groups -OCH3 is 1. The zero-order valence-corrected chi connectivity index (χ0v) is 12.5. The van der Waals surface area contributed by atoms with Gasteiger partial charge >= 0.3 is 0 Å². The third-order valence-electron chi connectivity index (χ3n) is 3.10. The first-order valence-electron chi connectivity index (χ1n) is 6.41. The smallest absolute Gasteiger partial charge is 0.183 e. The van der Waals surface area contributed by atoms with Crippen LogP contribution >= 0.6 is 11.3 Å². The lowest BCUT2D eigenvalue weighted by molar-refractivity contribution is 0.415. The third-order valence-corrected chi connectivity index (χ3v) is 4.07. The minimum atomic E-state index is 0.0444. The van der Waals surface area contributed by atoms with Crippen molar-refractivity contribution in [2.24, 2.45) is 0 Å². The van der Waals surface area contributed by atoms with E-state index in [9.17, 15) is 0 Å². The van der Waals surface area contributed by atoms with E-state index in [4.69, 9.17) is 9.72 Å². The number of aromatic nitrogens is 1. The van der Waals surface area contributed by atoms with Crippen molar-refractivity contribution in [1.29, 1.82) is 0 Å². The van der Waals surface area contributed by atoms with Gasteiger partial charge in [0, 0.05) is 22.4 Å². The van der Waals surface area contributed by atoms with Crippen LogP contribution in [0.1, 0.15) is 31.2 Å². The molecule has 0 saturated carbocycles. The topological polar surface area (TPSA) is 34.1 Å². The van der Waals surface area contributed by atoms with Crippen LogP contribution in [0, 0.1) is 0 Å². The number of benzene rings is 1. The van der Waals surface area contributed by atoms with Crippen molar-refractivity contribution in [1.82, 2.24) is 4.98 Å². The Kier molecular flexibility index (Phi) is 2.78. The Labute approximate surface area is 117 Å². The first-order valence-corrected chi connectivity index (χ1v) is 7.23. The predicted octanol–water partition coefficient (Wildman–Crippen LogP) is 3.93. The molecule has 19 heavy (non-hydrogen) atoms. The van der Waals surface area contributed by atoms with Crippen molar-refractivity contribution in [3.05, 3.63) is 28.6 Å². The summed E-state index contributed by atoms with van der Waals surface area (Å²) in [5.74, 6) is 0.893. The lowest BCUT2D eigenvalue weighted by atomic mass is 10.1. The fraction of sp³-hybridized carbons (Fsp3) is 0.400. The number of ether oxygens (including phenoxy) is 1. The van der Waals surface area contributed by atoms with Crippen molar-refractivity contribution in [3.63, 3.8) is 0 Å². The second-order valence-corrected chi connectivity index (χ2v) is 6.95. The molecule has 3 rings (SSSR count). The van der Waals surface area contributed by atoms with E-state index in [-0.39, 0.29) is 5.54 Å². The molecule has 1 aliphatic rings. The minimum absolute atomic E-state index is 0.0444. The largest absolute Gasteiger partial charge is 0.497 e. The fourth-order valence-corrected chi connectivity index (χ4v) is 3.49. The average molecular weight is 274 g/mol. The molecule has 0 spiro atoms. The SMILES string of the molecule is COc1ccc2c(c1)-c1nc(NC(C)(C)C)sc1C2. The molecule has 1 heterocycles. The van der Waals surface area contributed by atoms with Crippen molar-refractivity contribution < 1.29 is 4.74 Å². The highest BCUT2D eigenvalue weighted by Gasteiger charge is 2.25. The van der Waals surface area contributed by atoms with Gasteiger partial charge in [-0.05, 0) is 38.5 Å². The van der Waals surface area contributed by atoms with Crippen molar-refractivity contribution in [2.75, 3.05) is 12.4 Å². The Balaban J connectivity index is 1.98. The summed E-state index contributed by atoms with van der Waals surface area (Å²) in [5, 5.41) is 4.45. The van der Waals surface area contributed by atoms with E-state index >= 15 is 0 Å². The number of hydrogen-bond donors (Lipinski definition) is 1. The molecule has 1 aromatic heterocycles. The Morgan fingerprint density at radius 2 is 2.11 bits per heavy atom. The standard InChI is InChI=1S/C15H18N2OS/c1-15(2,3)17-14-16-13-11-8-10(18-4)6-5-9(11)7-12(13)19-14/h5-6,8H,7H2,1-4H3,(H,16,17). The van der Waals surface area contributed by atoms with E-state index in [1.807, 2.05) is 6.07 Å². The lowest BCUT2D eigenvalue weighted by Crippen LogP contribution is -2.25. The number of rotatable bonds is 2. The summed E-state index contributed by atoms with van der Waals surface area (Å²) in [6, 6.07) is 6.24. The van der Waals surface area contributed by atoms with Crippen LogP contribution in [0.2, 0.25) is 0 Å². The maximum absolute atomic E-state index is 5.30. The van der Waals surface area contributed by atoms with Crippen LogP contribution in [0.15, 0.2) is 18.2 Å². The summed E-state index contributed by atoms with van der Waals surface area (Å²) >= 11 is 1.76. The molecule has 1 aliphatic carbocycles.